The van der Waals surface area contributed by atoms with Crippen molar-refractivity contribution < 1.29 is 0 Å². The van der Waals surface area contributed by atoms with Crippen LogP contribution in [0.1, 0.15) is 36.5 Å². The number of aliphatic imine (C=N–C) groups is 1. The van der Waals surface area contributed by atoms with Crippen LogP contribution in [-0.4, -0.2) is 33.3 Å². The average molecular weight is 506 g/mol. The molecule has 0 spiro atoms. The summed E-state index contributed by atoms with van der Waals surface area (Å²) in [6.07, 6.45) is 2.76. The molecule has 1 aromatic carbocycles. The molecule has 0 radical (unpaired) electrons. The first kappa shape index (κ1) is 23.1. The van der Waals surface area contributed by atoms with Crippen LogP contribution in [0.15, 0.2) is 41.5 Å². The number of guanidine groups is 1. The average Bonchev–Trinajstić information content (AvgIpc) is 2.92. The van der Waals surface area contributed by atoms with Crippen molar-refractivity contribution in [2.45, 2.75) is 46.7 Å². The van der Waals surface area contributed by atoms with E-state index in [2.05, 4.69) is 60.5 Å². The van der Waals surface area contributed by atoms with E-state index in [1.54, 1.807) is 0 Å². The highest BCUT2D eigenvalue weighted by Crippen LogP contribution is 2.17. The molecular weight excluding hydrogens is 475 g/mol. The number of rotatable bonds is 6. The molecule has 0 aliphatic rings. The predicted molar refractivity (Wildman–Crippen MR) is 131 cm³/mol. The van der Waals surface area contributed by atoms with Gasteiger partial charge >= 0.3 is 0 Å². The third-order valence-corrected chi connectivity index (χ3v) is 5.04. The molecule has 6 nitrogen and oxygen atoms in total. The van der Waals surface area contributed by atoms with Crippen molar-refractivity contribution in [1.82, 2.24) is 25.4 Å². The van der Waals surface area contributed by atoms with Gasteiger partial charge in [-0.2, -0.15) is 5.10 Å². The highest BCUT2D eigenvalue weighted by molar-refractivity contribution is 14.0. The number of aromatic nitrogens is 3. The normalized spacial score (nSPS) is 12.5. The fourth-order valence-electron chi connectivity index (χ4n) is 3.49. The number of aryl methyl sites for hydroxylation is 2. The van der Waals surface area contributed by atoms with E-state index in [9.17, 15) is 0 Å². The topological polar surface area (TPSA) is 67.1 Å². The molecule has 2 heterocycles. The molecule has 0 saturated heterocycles. The Kier molecular flexibility index (Phi) is 8.43. The summed E-state index contributed by atoms with van der Waals surface area (Å²) in [5.41, 5.74) is 4.60. The Morgan fingerprint density at radius 2 is 1.97 bits per heavy atom. The van der Waals surface area contributed by atoms with E-state index in [-0.39, 0.29) is 30.0 Å². The lowest BCUT2D eigenvalue weighted by atomic mass is 10.1. The Labute approximate surface area is 190 Å². The van der Waals surface area contributed by atoms with Gasteiger partial charge in [0.2, 0.25) is 0 Å². The second kappa shape index (κ2) is 10.6. The van der Waals surface area contributed by atoms with Crippen LogP contribution in [0.4, 0.5) is 0 Å². The number of benzene rings is 1. The molecule has 2 aromatic heterocycles. The lowest BCUT2D eigenvalue weighted by molar-refractivity contribution is 0.635. The Morgan fingerprint density at radius 1 is 1.21 bits per heavy atom. The summed E-state index contributed by atoms with van der Waals surface area (Å²) >= 11 is 0. The van der Waals surface area contributed by atoms with Gasteiger partial charge in [0.1, 0.15) is 0 Å². The summed E-state index contributed by atoms with van der Waals surface area (Å²) in [7, 11) is 1.99. The number of pyridine rings is 1. The van der Waals surface area contributed by atoms with Crippen molar-refractivity contribution in [3.63, 3.8) is 0 Å². The maximum absolute atomic E-state index is 4.78. The van der Waals surface area contributed by atoms with Crippen molar-refractivity contribution in [3.05, 3.63) is 59.2 Å². The van der Waals surface area contributed by atoms with Gasteiger partial charge in [0.05, 0.1) is 17.9 Å². The molecule has 0 saturated carbocycles. The standard InChI is InChI=1S/C22H30N6.HI/c1-6-23-22(26-15(2)13-20-16(3)27-28(5)17(20)4)25-14-21-19-10-8-7-9-18(19)11-12-24-21;/h7-12,15H,6,13-14H2,1-5H3,(H2,23,25,26);1H. The maximum Gasteiger partial charge on any atom is 0.191 e. The molecule has 0 aliphatic heterocycles. The predicted octanol–water partition coefficient (Wildman–Crippen LogP) is 3.89. The number of nitrogens with one attached hydrogen (secondary N) is 2. The second-order valence-corrected chi connectivity index (χ2v) is 7.20. The van der Waals surface area contributed by atoms with Crippen molar-refractivity contribution in [2.24, 2.45) is 12.0 Å². The fraction of sp³-hybridized carbons (Fsp3) is 0.409. The second-order valence-electron chi connectivity index (χ2n) is 7.20. The minimum absolute atomic E-state index is 0. The third-order valence-electron chi connectivity index (χ3n) is 5.04. The smallest absolute Gasteiger partial charge is 0.191 e. The molecule has 0 bridgehead atoms. The van der Waals surface area contributed by atoms with Gasteiger partial charge in [-0.15, -0.1) is 24.0 Å². The summed E-state index contributed by atoms with van der Waals surface area (Å²) in [6, 6.07) is 10.6. The van der Waals surface area contributed by atoms with Gasteiger partial charge in [0.25, 0.3) is 0 Å². The molecule has 29 heavy (non-hydrogen) atoms. The molecule has 156 valence electrons. The van der Waals surface area contributed by atoms with Crippen LogP contribution in [-0.2, 0) is 20.0 Å². The summed E-state index contributed by atoms with van der Waals surface area (Å²) in [4.78, 5) is 9.31. The summed E-state index contributed by atoms with van der Waals surface area (Å²) in [6.45, 7) is 9.79. The van der Waals surface area contributed by atoms with Crippen molar-refractivity contribution in [3.8, 4) is 0 Å². The van der Waals surface area contributed by atoms with E-state index in [0.29, 0.717) is 6.54 Å². The van der Waals surface area contributed by atoms with Crippen LogP contribution in [0.2, 0.25) is 0 Å². The van der Waals surface area contributed by atoms with E-state index in [1.807, 2.05) is 36.1 Å². The first-order valence-electron chi connectivity index (χ1n) is 9.86. The SMILES string of the molecule is CCNC(=NCc1nccc2ccccc12)NC(C)Cc1c(C)nn(C)c1C.I. The minimum Gasteiger partial charge on any atom is -0.357 e. The zero-order valence-corrected chi connectivity index (χ0v) is 20.2. The Morgan fingerprint density at radius 3 is 2.66 bits per heavy atom. The molecule has 7 heteroatoms. The zero-order valence-electron chi connectivity index (χ0n) is 17.9. The molecule has 1 unspecified atom stereocenters. The molecule has 3 aromatic rings. The van der Waals surface area contributed by atoms with Gasteiger partial charge in [-0.25, -0.2) is 4.99 Å². The van der Waals surface area contributed by atoms with Gasteiger partial charge in [-0.3, -0.25) is 9.67 Å². The third kappa shape index (κ3) is 5.68. The molecular formula is C22H31IN6. The van der Waals surface area contributed by atoms with E-state index >= 15 is 0 Å². The quantitative estimate of drug-likeness (QED) is 0.303. The van der Waals surface area contributed by atoms with Crippen LogP contribution >= 0.6 is 24.0 Å². The first-order chi connectivity index (χ1) is 13.5. The van der Waals surface area contributed by atoms with Crippen molar-refractivity contribution in [1.29, 1.82) is 0 Å². The largest absolute Gasteiger partial charge is 0.357 e. The number of hydrogen-bond acceptors (Lipinski definition) is 3. The van der Waals surface area contributed by atoms with E-state index < -0.39 is 0 Å². The Balaban J connectivity index is 0.00000300. The van der Waals surface area contributed by atoms with Gasteiger partial charge in [-0.05, 0) is 51.1 Å². The minimum atomic E-state index is 0. The van der Waals surface area contributed by atoms with Crippen LogP contribution in [0, 0.1) is 13.8 Å². The molecule has 3 rings (SSSR count). The van der Waals surface area contributed by atoms with Crippen LogP contribution in [0.25, 0.3) is 10.8 Å². The summed E-state index contributed by atoms with van der Waals surface area (Å²) in [5, 5.41) is 13.7. The van der Waals surface area contributed by atoms with Crippen LogP contribution < -0.4 is 10.6 Å². The monoisotopic (exact) mass is 506 g/mol. The van der Waals surface area contributed by atoms with Gasteiger partial charge in [-0.1, -0.05) is 24.3 Å². The van der Waals surface area contributed by atoms with Gasteiger partial charge in [0, 0.05) is 36.9 Å². The van der Waals surface area contributed by atoms with E-state index in [0.717, 1.165) is 35.7 Å². The molecule has 0 aliphatic carbocycles. The molecule has 0 amide bonds. The Bertz CT molecular complexity index is 973. The zero-order chi connectivity index (χ0) is 20.1. The highest BCUT2D eigenvalue weighted by atomic mass is 127. The van der Waals surface area contributed by atoms with Crippen molar-refractivity contribution in [2.75, 3.05) is 6.54 Å². The van der Waals surface area contributed by atoms with Crippen LogP contribution in [0.3, 0.4) is 0 Å². The van der Waals surface area contributed by atoms with Crippen molar-refractivity contribution >= 4 is 40.7 Å². The van der Waals surface area contributed by atoms with Crippen LogP contribution in [0.5, 0.6) is 0 Å². The number of halogens is 1. The number of hydrogen-bond donors (Lipinski definition) is 2. The van der Waals surface area contributed by atoms with E-state index in [1.165, 1.54) is 16.6 Å². The summed E-state index contributed by atoms with van der Waals surface area (Å²) < 4.78 is 1.95. The molecule has 2 N–H and O–H groups in total. The van der Waals surface area contributed by atoms with E-state index in [4.69, 9.17) is 4.99 Å². The summed E-state index contributed by atoms with van der Waals surface area (Å²) in [5.74, 6) is 0.809. The number of fused-ring (bicyclic) bond motifs is 1. The maximum atomic E-state index is 4.78. The highest BCUT2D eigenvalue weighted by Gasteiger charge is 2.14. The fourth-order valence-corrected chi connectivity index (χ4v) is 3.49. The molecule has 0 fully saturated rings. The van der Waals surface area contributed by atoms with Gasteiger partial charge < -0.3 is 10.6 Å². The lowest BCUT2D eigenvalue weighted by Gasteiger charge is -2.18. The lowest BCUT2D eigenvalue weighted by Crippen LogP contribution is -2.43. The number of nitrogens with zero attached hydrogens (tertiary/aromatic N) is 4. The molecule has 1 atom stereocenters. The Hall–Kier alpha value is -2.16. The van der Waals surface area contributed by atoms with Gasteiger partial charge in [0.15, 0.2) is 5.96 Å². The first-order valence-corrected chi connectivity index (χ1v) is 9.86.